The van der Waals surface area contributed by atoms with Crippen molar-refractivity contribution >= 4 is 11.6 Å². The fraction of sp³-hybridized carbons (Fsp3) is 0.500. The van der Waals surface area contributed by atoms with E-state index in [0.717, 1.165) is 24.0 Å². The Labute approximate surface area is 108 Å². The molecular weight excluding hydrogens is 228 g/mol. The van der Waals surface area contributed by atoms with E-state index in [-0.39, 0.29) is 12.5 Å². The quantitative estimate of drug-likeness (QED) is 0.828. The number of ether oxygens (including phenoxy) is 1. The molecule has 98 valence electrons. The second kappa shape index (κ2) is 4.88. The molecule has 0 aromatic heterocycles. The van der Waals surface area contributed by atoms with Crippen molar-refractivity contribution in [3.63, 3.8) is 0 Å². The standard InChI is InChI=1S/C14H20N2O2/c1-9-6-10(2)13(7-12(9)15)18-8-14(17)16(3)11-4-5-11/h6-7,11H,4-5,8,15H2,1-3H3. The number of benzene rings is 1. The van der Waals surface area contributed by atoms with Gasteiger partial charge in [0, 0.05) is 24.8 Å². The van der Waals surface area contributed by atoms with Crippen LogP contribution in [-0.4, -0.2) is 30.5 Å². The number of nitrogens with two attached hydrogens (primary N) is 1. The molecule has 0 atom stereocenters. The number of hydrogen-bond donors (Lipinski definition) is 1. The molecule has 1 aromatic rings. The molecule has 0 heterocycles. The monoisotopic (exact) mass is 248 g/mol. The Hall–Kier alpha value is -1.71. The molecule has 0 radical (unpaired) electrons. The average Bonchev–Trinajstić information content (AvgIpc) is 3.14. The summed E-state index contributed by atoms with van der Waals surface area (Å²) in [6.07, 6.45) is 2.22. The molecule has 1 aliphatic carbocycles. The van der Waals surface area contributed by atoms with Crippen LogP contribution in [0.4, 0.5) is 5.69 Å². The van der Waals surface area contributed by atoms with E-state index in [1.54, 1.807) is 11.0 Å². The van der Waals surface area contributed by atoms with Crippen LogP contribution in [0.2, 0.25) is 0 Å². The lowest BCUT2D eigenvalue weighted by Crippen LogP contribution is -2.33. The highest BCUT2D eigenvalue weighted by molar-refractivity contribution is 5.78. The first kappa shape index (κ1) is 12.7. The molecular formula is C14H20N2O2. The number of carbonyl (C=O) groups excluding carboxylic acids is 1. The van der Waals surface area contributed by atoms with Crippen molar-refractivity contribution in [2.45, 2.75) is 32.7 Å². The minimum absolute atomic E-state index is 0.0241. The second-order valence-electron chi connectivity index (χ2n) is 5.00. The molecule has 4 heteroatoms. The van der Waals surface area contributed by atoms with Crippen LogP contribution in [0.3, 0.4) is 0 Å². The average molecular weight is 248 g/mol. The molecule has 0 saturated heterocycles. The maximum Gasteiger partial charge on any atom is 0.260 e. The summed E-state index contributed by atoms with van der Waals surface area (Å²) in [5.41, 5.74) is 8.56. The van der Waals surface area contributed by atoms with E-state index in [4.69, 9.17) is 10.5 Å². The van der Waals surface area contributed by atoms with Crippen LogP contribution >= 0.6 is 0 Å². The Morgan fingerprint density at radius 1 is 1.39 bits per heavy atom. The van der Waals surface area contributed by atoms with Gasteiger partial charge in [0.15, 0.2) is 6.61 Å². The maximum absolute atomic E-state index is 11.8. The van der Waals surface area contributed by atoms with Gasteiger partial charge in [-0.2, -0.15) is 0 Å². The van der Waals surface area contributed by atoms with E-state index in [2.05, 4.69) is 0 Å². The van der Waals surface area contributed by atoms with Gasteiger partial charge in [0.1, 0.15) is 5.75 Å². The minimum Gasteiger partial charge on any atom is -0.483 e. The largest absolute Gasteiger partial charge is 0.483 e. The lowest BCUT2D eigenvalue weighted by Gasteiger charge is -2.17. The van der Waals surface area contributed by atoms with Crippen molar-refractivity contribution in [1.82, 2.24) is 4.90 Å². The fourth-order valence-corrected chi connectivity index (χ4v) is 1.91. The van der Waals surface area contributed by atoms with Crippen molar-refractivity contribution in [2.75, 3.05) is 19.4 Å². The van der Waals surface area contributed by atoms with Crippen molar-refractivity contribution in [3.05, 3.63) is 23.3 Å². The van der Waals surface area contributed by atoms with Gasteiger partial charge >= 0.3 is 0 Å². The van der Waals surface area contributed by atoms with Gasteiger partial charge in [-0.05, 0) is 37.8 Å². The lowest BCUT2D eigenvalue weighted by molar-refractivity contribution is -0.132. The third kappa shape index (κ3) is 2.75. The van der Waals surface area contributed by atoms with Gasteiger partial charge in [-0.15, -0.1) is 0 Å². The Morgan fingerprint density at radius 2 is 2.06 bits per heavy atom. The van der Waals surface area contributed by atoms with E-state index in [0.29, 0.717) is 17.5 Å². The molecule has 1 aliphatic rings. The first-order chi connectivity index (χ1) is 8.49. The van der Waals surface area contributed by atoms with Crippen LogP contribution in [0.1, 0.15) is 24.0 Å². The molecule has 1 aromatic carbocycles. The zero-order chi connectivity index (χ0) is 13.3. The SMILES string of the molecule is Cc1cc(C)c(OCC(=O)N(C)C2CC2)cc1N. The van der Waals surface area contributed by atoms with Crippen molar-refractivity contribution < 1.29 is 9.53 Å². The molecule has 0 unspecified atom stereocenters. The van der Waals surface area contributed by atoms with Crippen molar-refractivity contribution in [1.29, 1.82) is 0 Å². The van der Waals surface area contributed by atoms with Crippen LogP contribution in [0.15, 0.2) is 12.1 Å². The number of likely N-dealkylation sites (N-methyl/N-ethyl adjacent to an activating group) is 1. The van der Waals surface area contributed by atoms with Crippen LogP contribution in [-0.2, 0) is 4.79 Å². The summed E-state index contributed by atoms with van der Waals surface area (Å²) in [5, 5.41) is 0. The predicted octanol–water partition coefficient (Wildman–Crippen LogP) is 1.89. The third-order valence-corrected chi connectivity index (χ3v) is 3.40. The molecule has 2 rings (SSSR count). The van der Waals surface area contributed by atoms with Gasteiger partial charge in [0.2, 0.25) is 0 Å². The second-order valence-corrected chi connectivity index (χ2v) is 5.00. The summed E-state index contributed by atoms with van der Waals surface area (Å²) in [6, 6.07) is 4.18. The van der Waals surface area contributed by atoms with Crippen LogP contribution in [0, 0.1) is 13.8 Å². The lowest BCUT2D eigenvalue weighted by atomic mass is 10.1. The van der Waals surface area contributed by atoms with Crippen LogP contribution in [0.5, 0.6) is 5.75 Å². The predicted molar refractivity (Wildman–Crippen MR) is 71.6 cm³/mol. The van der Waals surface area contributed by atoms with E-state index in [9.17, 15) is 4.79 Å². The highest BCUT2D eigenvalue weighted by Gasteiger charge is 2.29. The number of rotatable bonds is 4. The molecule has 18 heavy (non-hydrogen) atoms. The molecule has 0 aliphatic heterocycles. The highest BCUT2D eigenvalue weighted by atomic mass is 16.5. The number of nitrogen functional groups attached to an aromatic ring is 1. The zero-order valence-electron chi connectivity index (χ0n) is 11.2. The molecule has 0 spiro atoms. The number of anilines is 1. The Morgan fingerprint density at radius 3 is 2.67 bits per heavy atom. The molecule has 1 amide bonds. The summed E-state index contributed by atoms with van der Waals surface area (Å²) in [4.78, 5) is 13.6. The van der Waals surface area contributed by atoms with Crippen molar-refractivity contribution in [3.8, 4) is 5.75 Å². The van der Waals surface area contributed by atoms with Crippen LogP contribution < -0.4 is 10.5 Å². The van der Waals surface area contributed by atoms with Gasteiger partial charge in [0.05, 0.1) is 0 Å². The number of amides is 1. The Bertz CT molecular complexity index is 467. The van der Waals surface area contributed by atoms with Gasteiger partial charge in [0.25, 0.3) is 5.91 Å². The van der Waals surface area contributed by atoms with E-state index < -0.39 is 0 Å². The van der Waals surface area contributed by atoms with E-state index in [1.807, 2.05) is 27.0 Å². The smallest absolute Gasteiger partial charge is 0.260 e. The number of nitrogens with zero attached hydrogens (tertiary/aromatic N) is 1. The summed E-state index contributed by atoms with van der Waals surface area (Å²) in [5.74, 6) is 0.715. The van der Waals surface area contributed by atoms with Gasteiger partial charge in [-0.1, -0.05) is 6.07 Å². The third-order valence-electron chi connectivity index (χ3n) is 3.40. The molecule has 4 nitrogen and oxygen atoms in total. The summed E-state index contributed by atoms with van der Waals surface area (Å²) >= 11 is 0. The molecule has 1 saturated carbocycles. The zero-order valence-corrected chi connectivity index (χ0v) is 11.2. The topological polar surface area (TPSA) is 55.6 Å². The fourth-order valence-electron chi connectivity index (χ4n) is 1.91. The molecule has 0 bridgehead atoms. The summed E-state index contributed by atoms with van der Waals surface area (Å²) in [7, 11) is 1.83. The first-order valence-electron chi connectivity index (χ1n) is 6.24. The van der Waals surface area contributed by atoms with Gasteiger partial charge in [-0.3, -0.25) is 4.79 Å². The highest BCUT2D eigenvalue weighted by Crippen LogP contribution is 2.26. The Kier molecular flexibility index (Phi) is 3.45. The Balaban J connectivity index is 1.97. The first-order valence-corrected chi connectivity index (χ1v) is 6.24. The number of hydrogen-bond acceptors (Lipinski definition) is 3. The number of carbonyl (C=O) groups is 1. The molecule has 2 N–H and O–H groups in total. The summed E-state index contributed by atoms with van der Waals surface area (Å²) in [6.45, 7) is 3.99. The minimum atomic E-state index is 0.0241. The molecule has 1 fully saturated rings. The van der Waals surface area contributed by atoms with Gasteiger partial charge < -0.3 is 15.4 Å². The van der Waals surface area contributed by atoms with Gasteiger partial charge in [-0.25, -0.2) is 0 Å². The number of aryl methyl sites for hydroxylation is 2. The maximum atomic E-state index is 11.8. The van der Waals surface area contributed by atoms with E-state index >= 15 is 0 Å². The van der Waals surface area contributed by atoms with E-state index in [1.165, 1.54) is 0 Å². The summed E-state index contributed by atoms with van der Waals surface area (Å²) < 4.78 is 5.56. The van der Waals surface area contributed by atoms with Crippen LogP contribution in [0.25, 0.3) is 0 Å². The van der Waals surface area contributed by atoms with Crippen molar-refractivity contribution in [2.24, 2.45) is 0 Å². The normalized spacial score (nSPS) is 14.4.